The highest BCUT2D eigenvalue weighted by molar-refractivity contribution is 5.89. The molecule has 24 heavy (non-hydrogen) atoms. The molecule has 8 heteroatoms. The number of piperidine rings is 1. The van der Waals surface area contributed by atoms with Crippen LogP contribution in [0.15, 0.2) is 24.3 Å². The van der Waals surface area contributed by atoms with E-state index in [0.29, 0.717) is 37.9 Å². The molecular weight excluding hydrogens is 322 g/mol. The third-order valence-electron chi connectivity index (χ3n) is 4.17. The SMILES string of the molecule is O=C(Nc1cccc(OC(F)F)c1)N1CCC(C2OCCO2)CC1. The molecule has 2 aliphatic heterocycles. The maximum atomic E-state index is 12.3. The molecule has 3 rings (SSSR count). The van der Waals surface area contributed by atoms with Crippen LogP contribution in [0.2, 0.25) is 0 Å². The summed E-state index contributed by atoms with van der Waals surface area (Å²) in [5, 5.41) is 2.71. The van der Waals surface area contributed by atoms with Crippen molar-refractivity contribution in [1.82, 2.24) is 4.90 Å². The van der Waals surface area contributed by atoms with Crippen molar-refractivity contribution in [2.45, 2.75) is 25.7 Å². The number of carbonyl (C=O) groups excluding carboxylic acids is 1. The minimum Gasteiger partial charge on any atom is -0.435 e. The van der Waals surface area contributed by atoms with Crippen LogP contribution in [0.5, 0.6) is 5.75 Å². The van der Waals surface area contributed by atoms with Gasteiger partial charge < -0.3 is 24.4 Å². The van der Waals surface area contributed by atoms with Crippen LogP contribution < -0.4 is 10.1 Å². The van der Waals surface area contributed by atoms with E-state index in [-0.39, 0.29) is 18.1 Å². The molecule has 2 aliphatic rings. The van der Waals surface area contributed by atoms with E-state index in [2.05, 4.69) is 10.1 Å². The lowest BCUT2D eigenvalue weighted by Crippen LogP contribution is -2.43. The molecule has 0 aliphatic carbocycles. The first kappa shape index (κ1) is 16.9. The van der Waals surface area contributed by atoms with Crippen molar-refractivity contribution >= 4 is 11.7 Å². The van der Waals surface area contributed by atoms with E-state index >= 15 is 0 Å². The van der Waals surface area contributed by atoms with Crippen molar-refractivity contribution in [3.8, 4) is 5.75 Å². The van der Waals surface area contributed by atoms with Gasteiger partial charge in [0.25, 0.3) is 0 Å². The van der Waals surface area contributed by atoms with Crippen LogP contribution in [0.4, 0.5) is 19.3 Å². The van der Waals surface area contributed by atoms with Crippen LogP contribution in [-0.2, 0) is 9.47 Å². The third-order valence-corrected chi connectivity index (χ3v) is 4.17. The summed E-state index contributed by atoms with van der Waals surface area (Å²) >= 11 is 0. The first-order valence-corrected chi connectivity index (χ1v) is 7.96. The standard InChI is InChI=1S/C16H20F2N2O4/c17-15(18)24-13-3-1-2-12(10-13)19-16(21)20-6-4-11(5-7-20)14-22-8-9-23-14/h1-3,10-11,14-15H,4-9H2,(H,19,21). The molecular formula is C16H20F2N2O4. The molecule has 2 amide bonds. The molecule has 0 unspecified atom stereocenters. The van der Waals surface area contributed by atoms with E-state index in [1.54, 1.807) is 17.0 Å². The van der Waals surface area contributed by atoms with Crippen molar-refractivity contribution in [2.24, 2.45) is 5.92 Å². The lowest BCUT2D eigenvalue weighted by Gasteiger charge is -2.33. The molecule has 0 saturated carbocycles. The first-order valence-electron chi connectivity index (χ1n) is 7.96. The number of benzene rings is 1. The number of likely N-dealkylation sites (tertiary alicyclic amines) is 1. The van der Waals surface area contributed by atoms with Crippen LogP contribution >= 0.6 is 0 Å². The van der Waals surface area contributed by atoms with Gasteiger partial charge in [-0.1, -0.05) is 6.07 Å². The largest absolute Gasteiger partial charge is 0.435 e. The van der Waals surface area contributed by atoms with Gasteiger partial charge in [-0.3, -0.25) is 0 Å². The van der Waals surface area contributed by atoms with E-state index in [9.17, 15) is 13.6 Å². The Kier molecular flexibility index (Phi) is 5.47. The van der Waals surface area contributed by atoms with Gasteiger partial charge in [0.15, 0.2) is 6.29 Å². The monoisotopic (exact) mass is 342 g/mol. The van der Waals surface area contributed by atoms with E-state index in [1.165, 1.54) is 12.1 Å². The van der Waals surface area contributed by atoms with Crippen LogP contribution in [0, 0.1) is 5.92 Å². The highest BCUT2D eigenvalue weighted by atomic mass is 19.3. The number of amides is 2. The van der Waals surface area contributed by atoms with Gasteiger partial charge in [0, 0.05) is 30.8 Å². The minimum absolute atomic E-state index is 0.0111. The molecule has 1 N–H and O–H groups in total. The van der Waals surface area contributed by atoms with Gasteiger partial charge in [-0.15, -0.1) is 0 Å². The summed E-state index contributed by atoms with van der Waals surface area (Å²) in [5.41, 5.74) is 0.419. The zero-order valence-corrected chi connectivity index (χ0v) is 13.1. The maximum Gasteiger partial charge on any atom is 0.387 e. The second-order valence-corrected chi connectivity index (χ2v) is 5.77. The predicted molar refractivity (Wildman–Crippen MR) is 82.1 cm³/mol. The first-order chi connectivity index (χ1) is 11.6. The van der Waals surface area contributed by atoms with Gasteiger partial charge >= 0.3 is 12.6 Å². The van der Waals surface area contributed by atoms with Crippen LogP contribution in [0.3, 0.4) is 0 Å². The Morgan fingerprint density at radius 3 is 2.62 bits per heavy atom. The average molecular weight is 342 g/mol. The molecule has 0 spiro atoms. The van der Waals surface area contributed by atoms with Crippen molar-refractivity contribution in [1.29, 1.82) is 0 Å². The molecule has 2 fully saturated rings. The Morgan fingerprint density at radius 2 is 1.96 bits per heavy atom. The van der Waals surface area contributed by atoms with Crippen LogP contribution in [0.25, 0.3) is 0 Å². The van der Waals surface area contributed by atoms with Gasteiger partial charge in [-0.2, -0.15) is 8.78 Å². The quantitative estimate of drug-likeness (QED) is 0.914. The zero-order chi connectivity index (χ0) is 16.9. The van der Waals surface area contributed by atoms with Crippen LogP contribution in [0.1, 0.15) is 12.8 Å². The van der Waals surface area contributed by atoms with Gasteiger partial charge in [0.05, 0.1) is 13.2 Å². The van der Waals surface area contributed by atoms with Gasteiger partial charge in [-0.25, -0.2) is 4.79 Å². The number of hydrogen-bond acceptors (Lipinski definition) is 4. The molecule has 2 heterocycles. The highest BCUT2D eigenvalue weighted by Gasteiger charge is 2.31. The zero-order valence-electron chi connectivity index (χ0n) is 13.1. The van der Waals surface area contributed by atoms with Crippen molar-refractivity contribution in [3.05, 3.63) is 24.3 Å². The summed E-state index contributed by atoms with van der Waals surface area (Å²) < 4.78 is 39.8. The van der Waals surface area contributed by atoms with Crippen molar-refractivity contribution in [2.75, 3.05) is 31.6 Å². The number of anilines is 1. The Balaban J connectivity index is 1.50. The van der Waals surface area contributed by atoms with Gasteiger partial charge in [-0.05, 0) is 25.0 Å². The number of alkyl halides is 2. The average Bonchev–Trinajstić information content (AvgIpc) is 3.09. The Labute approximate surface area is 138 Å². The molecule has 0 bridgehead atoms. The number of nitrogens with zero attached hydrogens (tertiary/aromatic N) is 1. The maximum absolute atomic E-state index is 12.3. The fraction of sp³-hybridized carbons (Fsp3) is 0.562. The van der Waals surface area contributed by atoms with Crippen molar-refractivity contribution < 1.29 is 27.8 Å². The Morgan fingerprint density at radius 1 is 1.25 bits per heavy atom. The second kappa shape index (κ2) is 7.76. The summed E-state index contributed by atoms with van der Waals surface area (Å²) in [6, 6.07) is 5.71. The summed E-state index contributed by atoms with van der Waals surface area (Å²) in [5.74, 6) is 0.316. The number of halogens is 2. The number of hydrogen-bond donors (Lipinski definition) is 1. The topological polar surface area (TPSA) is 60.0 Å². The summed E-state index contributed by atoms with van der Waals surface area (Å²) in [4.78, 5) is 14.0. The lowest BCUT2D eigenvalue weighted by atomic mass is 9.96. The number of urea groups is 1. The molecule has 1 aromatic rings. The van der Waals surface area contributed by atoms with E-state index < -0.39 is 6.61 Å². The Hall–Kier alpha value is -1.93. The summed E-state index contributed by atoms with van der Waals surface area (Å²) in [6.45, 7) is -0.431. The van der Waals surface area contributed by atoms with E-state index in [4.69, 9.17) is 9.47 Å². The molecule has 0 atom stereocenters. The number of ether oxygens (including phenoxy) is 3. The number of nitrogens with one attached hydrogen (secondary N) is 1. The minimum atomic E-state index is -2.89. The molecule has 0 aromatic heterocycles. The molecule has 6 nitrogen and oxygen atoms in total. The van der Waals surface area contributed by atoms with Crippen LogP contribution in [-0.4, -0.2) is 50.1 Å². The summed E-state index contributed by atoms with van der Waals surface area (Å²) in [6.07, 6.45) is 1.47. The third kappa shape index (κ3) is 4.33. The predicted octanol–water partition coefficient (Wildman–Crippen LogP) is 2.90. The van der Waals surface area contributed by atoms with E-state index in [0.717, 1.165) is 12.8 Å². The van der Waals surface area contributed by atoms with E-state index in [1.807, 2.05) is 0 Å². The molecule has 0 radical (unpaired) electrons. The summed E-state index contributed by atoms with van der Waals surface area (Å²) in [7, 11) is 0. The van der Waals surface area contributed by atoms with Gasteiger partial charge in [0.2, 0.25) is 0 Å². The number of rotatable bonds is 4. The normalized spacial score (nSPS) is 19.7. The molecule has 2 saturated heterocycles. The molecule has 132 valence electrons. The van der Waals surface area contributed by atoms with Gasteiger partial charge in [0.1, 0.15) is 5.75 Å². The number of carbonyl (C=O) groups is 1. The fourth-order valence-corrected chi connectivity index (χ4v) is 2.98. The lowest BCUT2D eigenvalue weighted by molar-refractivity contribution is -0.0950. The highest BCUT2D eigenvalue weighted by Crippen LogP contribution is 2.26. The molecule has 1 aromatic carbocycles. The van der Waals surface area contributed by atoms with Crippen molar-refractivity contribution in [3.63, 3.8) is 0 Å². The Bertz CT molecular complexity index is 559. The fourth-order valence-electron chi connectivity index (χ4n) is 2.98. The smallest absolute Gasteiger partial charge is 0.387 e. The second-order valence-electron chi connectivity index (χ2n) is 5.77.